The Hall–Kier alpha value is -1.01. The zero-order chi connectivity index (χ0) is 12.9. The third-order valence-electron chi connectivity index (χ3n) is 2.42. The van der Waals surface area contributed by atoms with Gasteiger partial charge in [-0.2, -0.15) is 13.2 Å². The van der Waals surface area contributed by atoms with Gasteiger partial charge in [-0.25, -0.2) is 0 Å². The average molecular weight is 250 g/mol. The average Bonchev–Trinajstić information content (AvgIpc) is 2.63. The van der Waals surface area contributed by atoms with Gasteiger partial charge in [-0.1, -0.05) is 6.92 Å². The van der Waals surface area contributed by atoms with Crippen molar-refractivity contribution in [1.82, 2.24) is 10.2 Å². The predicted octanol–water partition coefficient (Wildman–Crippen LogP) is 2.38. The molecule has 0 saturated carbocycles. The molecule has 0 aliphatic rings. The fourth-order valence-electron chi connectivity index (χ4n) is 1.60. The van der Waals surface area contributed by atoms with E-state index in [1.54, 1.807) is 20.0 Å². The Morgan fingerprint density at radius 1 is 1.41 bits per heavy atom. The third kappa shape index (κ3) is 4.79. The molecule has 0 radical (unpaired) electrons. The van der Waals surface area contributed by atoms with Crippen LogP contribution < -0.4 is 5.32 Å². The summed E-state index contributed by atoms with van der Waals surface area (Å²) in [6, 6.07) is 1.71. The Morgan fingerprint density at radius 2 is 2.12 bits per heavy atom. The molecule has 0 aromatic carbocycles. The van der Waals surface area contributed by atoms with E-state index in [4.69, 9.17) is 4.42 Å². The number of rotatable bonds is 6. The summed E-state index contributed by atoms with van der Waals surface area (Å²) in [5.74, 6) is 0.688. The van der Waals surface area contributed by atoms with Gasteiger partial charge in [0.15, 0.2) is 0 Å². The van der Waals surface area contributed by atoms with Crippen LogP contribution in [0.25, 0.3) is 0 Å². The van der Waals surface area contributed by atoms with E-state index in [0.29, 0.717) is 18.8 Å². The van der Waals surface area contributed by atoms with Crippen LogP contribution in [0.3, 0.4) is 0 Å². The second-order valence-electron chi connectivity index (χ2n) is 3.82. The number of halogens is 3. The Morgan fingerprint density at radius 3 is 2.65 bits per heavy atom. The molecule has 0 amide bonds. The van der Waals surface area contributed by atoms with Crippen molar-refractivity contribution in [3.8, 4) is 0 Å². The van der Waals surface area contributed by atoms with Gasteiger partial charge >= 0.3 is 6.18 Å². The van der Waals surface area contributed by atoms with Crippen molar-refractivity contribution >= 4 is 0 Å². The maximum Gasteiger partial charge on any atom is 0.401 e. The summed E-state index contributed by atoms with van der Waals surface area (Å²) in [7, 11) is 1.76. The zero-order valence-corrected chi connectivity index (χ0v) is 9.97. The Kier molecular flexibility index (Phi) is 5.02. The van der Waals surface area contributed by atoms with Crippen molar-refractivity contribution in [2.45, 2.75) is 26.2 Å². The van der Waals surface area contributed by atoms with Gasteiger partial charge in [0.1, 0.15) is 5.76 Å². The van der Waals surface area contributed by atoms with Gasteiger partial charge in [0.05, 0.1) is 19.4 Å². The molecule has 1 N–H and O–H groups in total. The van der Waals surface area contributed by atoms with Gasteiger partial charge in [-0.3, -0.25) is 4.90 Å². The number of furan rings is 1. The summed E-state index contributed by atoms with van der Waals surface area (Å²) < 4.78 is 42.1. The number of alkyl halides is 3. The highest BCUT2D eigenvalue weighted by atomic mass is 19.4. The van der Waals surface area contributed by atoms with Crippen LogP contribution in [0.5, 0.6) is 0 Å². The first-order chi connectivity index (χ1) is 7.96. The zero-order valence-electron chi connectivity index (χ0n) is 9.97. The largest absolute Gasteiger partial charge is 0.468 e. The number of hydrogen-bond donors (Lipinski definition) is 1. The van der Waals surface area contributed by atoms with Crippen molar-refractivity contribution < 1.29 is 17.6 Å². The highest BCUT2D eigenvalue weighted by molar-refractivity contribution is 5.16. The van der Waals surface area contributed by atoms with Crippen molar-refractivity contribution in [1.29, 1.82) is 0 Å². The van der Waals surface area contributed by atoms with Crippen LogP contribution in [0.15, 0.2) is 16.7 Å². The fourth-order valence-corrected chi connectivity index (χ4v) is 1.60. The van der Waals surface area contributed by atoms with E-state index in [2.05, 4.69) is 5.32 Å². The summed E-state index contributed by atoms with van der Waals surface area (Å²) in [5, 5.41) is 2.92. The van der Waals surface area contributed by atoms with Crippen LogP contribution in [0.2, 0.25) is 0 Å². The van der Waals surface area contributed by atoms with E-state index in [1.807, 2.05) is 0 Å². The Bertz CT molecular complexity index is 336. The lowest BCUT2D eigenvalue weighted by atomic mass is 10.2. The fraction of sp³-hybridized carbons (Fsp3) is 0.636. The summed E-state index contributed by atoms with van der Waals surface area (Å²) in [6.07, 6.45) is -2.66. The number of nitrogens with zero attached hydrogens (tertiary/aromatic N) is 1. The molecule has 0 bridgehead atoms. The highest BCUT2D eigenvalue weighted by Crippen LogP contribution is 2.19. The molecular weight excluding hydrogens is 233 g/mol. The minimum atomic E-state index is -4.16. The first-order valence-corrected chi connectivity index (χ1v) is 5.45. The molecule has 1 rings (SSSR count). The van der Waals surface area contributed by atoms with Crippen LogP contribution in [0.4, 0.5) is 13.2 Å². The summed E-state index contributed by atoms with van der Waals surface area (Å²) in [4.78, 5) is 1.34. The normalized spacial score (nSPS) is 12.4. The first-order valence-electron chi connectivity index (χ1n) is 5.45. The highest BCUT2D eigenvalue weighted by Gasteiger charge is 2.30. The van der Waals surface area contributed by atoms with Crippen LogP contribution in [0.1, 0.15) is 18.2 Å². The molecule has 0 atom stereocenters. The summed E-state index contributed by atoms with van der Waals surface area (Å²) in [5.41, 5.74) is 0.797. The molecule has 1 aromatic rings. The molecule has 0 spiro atoms. The molecule has 0 aliphatic carbocycles. The molecule has 0 aliphatic heterocycles. The number of hydrogen-bond acceptors (Lipinski definition) is 3. The molecular formula is C11H17F3N2O. The van der Waals surface area contributed by atoms with Gasteiger partial charge in [0.2, 0.25) is 0 Å². The monoisotopic (exact) mass is 250 g/mol. The Labute approximate surface area is 98.6 Å². The lowest BCUT2D eigenvalue weighted by Gasteiger charge is -2.21. The second kappa shape index (κ2) is 6.07. The smallest absolute Gasteiger partial charge is 0.401 e. The topological polar surface area (TPSA) is 28.4 Å². The molecule has 0 unspecified atom stereocenters. The standard InChI is InChI=1S/C11H17F3N2O/c1-3-16(8-11(12,13)14)7-9-4-5-17-10(9)6-15-2/h4-5,15H,3,6-8H2,1-2H3. The van der Waals surface area contributed by atoms with Gasteiger partial charge in [0, 0.05) is 12.1 Å². The van der Waals surface area contributed by atoms with Gasteiger partial charge < -0.3 is 9.73 Å². The van der Waals surface area contributed by atoms with Crippen molar-refractivity contribution in [3.05, 3.63) is 23.7 Å². The van der Waals surface area contributed by atoms with E-state index in [9.17, 15) is 13.2 Å². The van der Waals surface area contributed by atoms with E-state index in [-0.39, 0.29) is 6.54 Å². The Balaban J connectivity index is 2.63. The third-order valence-corrected chi connectivity index (χ3v) is 2.42. The maximum absolute atomic E-state index is 12.3. The molecule has 3 nitrogen and oxygen atoms in total. The SMILES string of the molecule is CCN(Cc1ccoc1CNC)CC(F)(F)F. The molecule has 0 fully saturated rings. The van der Waals surface area contributed by atoms with Gasteiger partial charge in [-0.05, 0) is 19.7 Å². The van der Waals surface area contributed by atoms with Crippen molar-refractivity contribution in [2.75, 3.05) is 20.1 Å². The maximum atomic E-state index is 12.3. The quantitative estimate of drug-likeness (QED) is 0.840. The summed E-state index contributed by atoms with van der Waals surface area (Å²) in [6.45, 7) is 1.94. The lowest BCUT2D eigenvalue weighted by molar-refractivity contribution is -0.146. The van der Waals surface area contributed by atoms with E-state index >= 15 is 0 Å². The predicted molar refractivity (Wildman–Crippen MR) is 58.5 cm³/mol. The number of nitrogens with one attached hydrogen (secondary N) is 1. The molecule has 1 aromatic heterocycles. The molecule has 6 heteroatoms. The molecule has 1 heterocycles. The van der Waals surface area contributed by atoms with Crippen LogP contribution in [-0.2, 0) is 13.1 Å². The lowest BCUT2D eigenvalue weighted by Crippen LogP contribution is -2.33. The second-order valence-corrected chi connectivity index (χ2v) is 3.82. The summed E-state index contributed by atoms with van der Waals surface area (Å²) >= 11 is 0. The van der Waals surface area contributed by atoms with E-state index < -0.39 is 12.7 Å². The van der Waals surface area contributed by atoms with E-state index in [0.717, 1.165) is 5.56 Å². The van der Waals surface area contributed by atoms with Crippen LogP contribution >= 0.6 is 0 Å². The molecule has 17 heavy (non-hydrogen) atoms. The van der Waals surface area contributed by atoms with Gasteiger partial charge in [0.25, 0.3) is 0 Å². The van der Waals surface area contributed by atoms with Crippen molar-refractivity contribution in [2.24, 2.45) is 0 Å². The minimum Gasteiger partial charge on any atom is -0.468 e. The van der Waals surface area contributed by atoms with Crippen LogP contribution in [0, 0.1) is 0 Å². The van der Waals surface area contributed by atoms with Crippen molar-refractivity contribution in [3.63, 3.8) is 0 Å². The van der Waals surface area contributed by atoms with Gasteiger partial charge in [-0.15, -0.1) is 0 Å². The minimum absolute atomic E-state index is 0.253. The van der Waals surface area contributed by atoms with Crippen LogP contribution in [-0.4, -0.2) is 31.2 Å². The van der Waals surface area contributed by atoms with E-state index in [1.165, 1.54) is 11.2 Å². The molecule has 0 saturated heterocycles. The first kappa shape index (κ1) is 14.1. The molecule has 98 valence electrons.